The summed E-state index contributed by atoms with van der Waals surface area (Å²) < 4.78 is 10.4. The topological polar surface area (TPSA) is 64.6 Å². The molecular formula is C18H25NO4. The lowest BCUT2D eigenvalue weighted by molar-refractivity contribution is -0.124. The van der Waals surface area contributed by atoms with Gasteiger partial charge in [-0.3, -0.25) is 4.79 Å². The van der Waals surface area contributed by atoms with Crippen LogP contribution < -0.4 is 10.1 Å². The first kappa shape index (κ1) is 17.3. The molecule has 126 valence electrons. The van der Waals surface area contributed by atoms with Crippen LogP contribution in [-0.2, 0) is 9.53 Å². The minimum Gasteiger partial charge on any atom is -0.484 e. The van der Waals surface area contributed by atoms with E-state index < -0.39 is 0 Å². The second-order valence-electron chi connectivity index (χ2n) is 5.97. The summed E-state index contributed by atoms with van der Waals surface area (Å²) in [6, 6.07) is 6.86. The molecule has 0 radical (unpaired) electrons. The third-order valence-corrected chi connectivity index (χ3v) is 4.19. The van der Waals surface area contributed by atoms with Crippen molar-refractivity contribution in [2.45, 2.75) is 45.6 Å². The zero-order chi connectivity index (χ0) is 16.7. The molecule has 1 aromatic rings. The number of nitrogens with one attached hydrogen (secondary N) is 1. The van der Waals surface area contributed by atoms with Gasteiger partial charge in [0.05, 0.1) is 12.2 Å². The molecule has 2 atom stereocenters. The highest BCUT2D eigenvalue weighted by molar-refractivity contribution is 5.89. The lowest BCUT2D eigenvalue weighted by Crippen LogP contribution is -2.43. The van der Waals surface area contributed by atoms with Crippen molar-refractivity contribution in [3.63, 3.8) is 0 Å². The molecule has 1 aliphatic carbocycles. The molecule has 0 aromatic heterocycles. The van der Waals surface area contributed by atoms with Crippen LogP contribution in [0.5, 0.6) is 5.75 Å². The molecule has 1 aliphatic rings. The van der Waals surface area contributed by atoms with E-state index in [1.54, 1.807) is 31.2 Å². The summed E-state index contributed by atoms with van der Waals surface area (Å²) in [5.74, 6) is 0.628. The number of hydrogen-bond donors (Lipinski definition) is 1. The first-order valence-corrected chi connectivity index (χ1v) is 8.29. The van der Waals surface area contributed by atoms with E-state index in [4.69, 9.17) is 9.47 Å². The summed E-state index contributed by atoms with van der Waals surface area (Å²) in [6.45, 7) is 4.28. The molecule has 1 fully saturated rings. The zero-order valence-corrected chi connectivity index (χ0v) is 13.8. The molecule has 0 aliphatic heterocycles. The Morgan fingerprint density at radius 1 is 1.17 bits per heavy atom. The zero-order valence-electron chi connectivity index (χ0n) is 13.8. The molecule has 5 nitrogen and oxygen atoms in total. The smallest absolute Gasteiger partial charge is 0.338 e. The maximum absolute atomic E-state index is 12.0. The van der Waals surface area contributed by atoms with Crippen LogP contribution in [0.2, 0.25) is 0 Å². The van der Waals surface area contributed by atoms with Crippen molar-refractivity contribution in [1.82, 2.24) is 5.32 Å². The second kappa shape index (κ2) is 8.56. The summed E-state index contributed by atoms with van der Waals surface area (Å²) in [4.78, 5) is 23.5. The average Bonchev–Trinajstić information content (AvgIpc) is 2.56. The van der Waals surface area contributed by atoms with Gasteiger partial charge in [0.15, 0.2) is 6.61 Å². The Balaban J connectivity index is 1.78. The number of benzene rings is 1. The number of carbonyl (C=O) groups is 2. The maximum atomic E-state index is 12.0. The number of rotatable bonds is 6. The molecule has 0 bridgehead atoms. The second-order valence-corrected chi connectivity index (χ2v) is 5.97. The fourth-order valence-electron chi connectivity index (χ4n) is 2.83. The molecule has 0 unspecified atom stereocenters. The summed E-state index contributed by atoms with van der Waals surface area (Å²) in [5, 5.41) is 3.05. The summed E-state index contributed by atoms with van der Waals surface area (Å²) >= 11 is 0. The minimum absolute atomic E-state index is 0.0119. The van der Waals surface area contributed by atoms with Crippen LogP contribution in [0.4, 0.5) is 0 Å². The largest absolute Gasteiger partial charge is 0.484 e. The van der Waals surface area contributed by atoms with Crippen LogP contribution in [0.15, 0.2) is 24.3 Å². The van der Waals surface area contributed by atoms with E-state index in [-0.39, 0.29) is 24.5 Å². The highest BCUT2D eigenvalue weighted by Crippen LogP contribution is 2.23. The maximum Gasteiger partial charge on any atom is 0.338 e. The molecule has 1 amide bonds. The van der Waals surface area contributed by atoms with E-state index in [0.29, 0.717) is 23.8 Å². The van der Waals surface area contributed by atoms with Gasteiger partial charge in [0, 0.05) is 6.04 Å². The highest BCUT2D eigenvalue weighted by Gasteiger charge is 2.22. The van der Waals surface area contributed by atoms with Gasteiger partial charge in [-0.05, 0) is 49.9 Å². The van der Waals surface area contributed by atoms with E-state index in [0.717, 1.165) is 6.42 Å². The normalized spacial score (nSPS) is 20.6. The van der Waals surface area contributed by atoms with Crippen LogP contribution in [0.25, 0.3) is 0 Å². The monoisotopic (exact) mass is 319 g/mol. The van der Waals surface area contributed by atoms with Crippen LogP contribution in [-0.4, -0.2) is 31.1 Å². The molecule has 0 spiro atoms. The van der Waals surface area contributed by atoms with Crippen molar-refractivity contribution in [2.24, 2.45) is 5.92 Å². The molecule has 23 heavy (non-hydrogen) atoms. The van der Waals surface area contributed by atoms with Gasteiger partial charge in [0.1, 0.15) is 5.75 Å². The first-order chi connectivity index (χ1) is 11.1. The predicted molar refractivity (Wildman–Crippen MR) is 87.5 cm³/mol. The van der Waals surface area contributed by atoms with Crippen molar-refractivity contribution in [3.05, 3.63) is 29.8 Å². The standard InChI is InChI=1S/C18H25NO4/c1-3-22-18(21)14-8-10-15(11-9-14)23-12-17(20)19-16-7-5-4-6-13(16)2/h8-11,13,16H,3-7,12H2,1-2H3,(H,19,20)/t13-,16+/m0/s1. The van der Waals surface area contributed by atoms with Crippen molar-refractivity contribution >= 4 is 11.9 Å². The van der Waals surface area contributed by atoms with Crippen molar-refractivity contribution in [2.75, 3.05) is 13.2 Å². The Hall–Kier alpha value is -2.04. The van der Waals surface area contributed by atoms with Gasteiger partial charge in [-0.1, -0.05) is 19.8 Å². The van der Waals surface area contributed by atoms with E-state index >= 15 is 0 Å². The molecule has 0 saturated heterocycles. The molecular weight excluding hydrogens is 294 g/mol. The van der Waals surface area contributed by atoms with Gasteiger partial charge in [-0.25, -0.2) is 4.79 Å². The first-order valence-electron chi connectivity index (χ1n) is 8.29. The van der Waals surface area contributed by atoms with Crippen molar-refractivity contribution < 1.29 is 19.1 Å². The van der Waals surface area contributed by atoms with Crippen LogP contribution >= 0.6 is 0 Å². The molecule has 5 heteroatoms. The Kier molecular flexibility index (Phi) is 6.44. The van der Waals surface area contributed by atoms with Gasteiger partial charge in [-0.15, -0.1) is 0 Å². The Bertz CT molecular complexity index is 526. The molecule has 1 aromatic carbocycles. The van der Waals surface area contributed by atoms with E-state index in [9.17, 15) is 9.59 Å². The van der Waals surface area contributed by atoms with Gasteiger partial charge in [0.2, 0.25) is 0 Å². The fourth-order valence-corrected chi connectivity index (χ4v) is 2.83. The number of ether oxygens (including phenoxy) is 2. The van der Waals surface area contributed by atoms with E-state index in [2.05, 4.69) is 12.2 Å². The summed E-state index contributed by atoms with van der Waals surface area (Å²) in [6.07, 6.45) is 4.63. The van der Waals surface area contributed by atoms with Crippen LogP contribution in [0.3, 0.4) is 0 Å². The SMILES string of the molecule is CCOC(=O)c1ccc(OCC(=O)N[C@@H]2CCCC[C@@H]2C)cc1. The predicted octanol–water partition coefficient (Wildman–Crippen LogP) is 2.94. The number of amides is 1. The Labute approximate surface area is 137 Å². The number of carbonyl (C=O) groups excluding carboxylic acids is 2. The van der Waals surface area contributed by atoms with Gasteiger partial charge < -0.3 is 14.8 Å². The molecule has 1 saturated carbocycles. The third-order valence-electron chi connectivity index (χ3n) is 4.19. The summed E-state index contributed by atoms with van der Waals surface area (Å²) in [5.41, 5.74) is 0.472. The highest BCUT2D eigenvalue weighted by atomic mass is 16.5. The van der Waals surface area contributed by atoms with E-state index in [1.165, 1.54) is 19.3 Å². The third kappa shape index (κ3) is 5.27. The molecule has 2 rings (SSSR count). The van der Waals surface area contributed by atoms with E-state index in [1.807, 2.05) is 0 Å². The Morgan fingerprint density at radius 3 is 2.52 bits per heavy atom. The quantitative estimate of drug-likeness (QED) is 0.819. The number of esters is 1. The van der Waals surface area contributed by atoms with Crippen molar-refractivity contribution in [3.8, 4) is 5.75 Å². The van der Waals surface area contributed by atoms with Gasteiger partial charge >= 0.3 is 5.97 Å². The minimum atomic E-state index is -0.358. The molecule has 1 N–H and O–H groups in total. The fraction of sp³-hybridized carbons (Fsp3) is 0.556. The van der Waals surface area contributed by atoms with Crippen molar-refractivity contribution in [1.29, 1.82) is 0 Å². The lowest BCUT2D eigenvalue weighted by atomic mass is 9.86. The lowest BCUT2D eigenvalue weighted by Gasteiger charge is -2.29. The Morgan fingerprint density at radius 2 is 1.87 bits per heavy atom. The average molecular weight is 319 g/mol. The molecule has 0 heterocycles. The summed E-state index contributed by atoms with van der Waals surface area (Å²) in [7, 11) is 0. The van der Waals surface area contributed by atoms with Crippen LogP contribution in [0.1, 0.15) is 49.9 Å². The van der Waals surface area contributed by atoms with Gasteiger partial charge in [0.25, 0.3) is 5.91 Å². The van der Waals surface area contributed by atoms with Crippen LogP contribution in [0, 0.1) is 5.92 Å². The number of hydrogen-bond acceptors (Lipinski definition) is 4. The van der Waals surface area contributed by atoms with Gasteiger partial charge in [-0.2, -0.15) is 0 Å².